The quantitative estimate of drug-likeness (QED) is 0.219. The molecule has 3 aliphatic rings. The van der Waals surface area contributed by atoms with E-state index >= 15 is 0 Å². The highest BCUT2D eigenvalue weighted by Crippen LogP contribution is 2.54. The van der Waals surface area contributed by atoms with Gasteiger partial charge in [0, 0.05) is 11.3 Å². The van der Waals surface area contributed by atoms with Crippen LogP contribution in [0.25, 0.3) is 0 Å². The van der Waals surface area contributed by atoms with E-state index in [0.717, 1.165) is 29.2 Å². The molecule has 1 heteroatoms. The first-order valence-electron chi connectivity index (χ1n) is 15.3. The van der Waals surface area contributed by atoms with E-state index in [0.29, 0.717) is 0 Å². The number of unbranched alkanes of at least 4 members (excludes halogenated alkanes) is 4. The van der Waals surface area contributed by atoms with E-state index in [-0.39, 0.29) is 17.2 Å². The van der Waals surface area contributed by atoms with Crippen molar-refractivity contribution in [1.29, 1.82) is 0 Å². The number of allylic oxidation sites excluding steroid dienone is 4. The van der Waals surface area contributed by atoms with E-state index in [4.69, 9.17) is 0 Å². The summed E-state index contributed by atoms with van der Waals surface area (Å²) in [4.78, 5) is 0. The monoisotopic (exact) mass is 478 g/mol. The van der Waals surface area contributed by atoms with Crippen molar-refractivity contribution in [3.63, 3.8) is 0 Å². The molecule has 0 bridgehead atoms. The molecule has 194 valence electrons. The first kappa shape index (κ1) is 26.7. The molecule has 1 aromatic carbocycles. The Morgan fingerprint density at radius 1 is 0.686 bits per heavy atom. The molecule has 0 aliphatic heterocycles. The summed E-state index contributed by atoms with van der Waals surface area (Å²) in [5, 5.41) is 0. The molecule has 0 aromatic heterocycles. The van der Waals surface area contributed by atoms with Crippen molar-refractivity contribution in [2.24, 2.45) is 29.1 Å². The smallest absolute Gasteiger partial charge is 0.127 e. The van der Waals surface area contributed by atoms with E-state index in [1.54, 1.807) is 12.1 Å². The Morgan fingerprint density at radius 3 is 1.63 bits per heavy atom. The molecule has 0 N–H and O–H groups in total. The zero-order valence-corrected chi connectivity index (χ0v) is 22.7. The van der Waals surface area contributed by atoms with Crippen molar-refractivity contribution in [2.75, 3.05) is 0 Å². The number of hydrogen-bond donors (Lipinski definition) is 0. The summed E-state index contributed by atoms with van der Waals surface area (Å²) in [5.41, 5.74) is 1.03. The molecular weight excluding hydrogens is 427 g/mol. The van der Waals surface area contributed by atoms with Gasteiger partial charge in [0.15, 0.2) is 0 Å². The van der Waals surface area contributed by atoms with Crippen molar-refractivity contribution in [3.8, 4) is 0 Å². The third kappa shape index (κ3) is 6.69. The predicted octanol–water partition coefficient (Wildman–Crippen LogP) is 10.8. The van der Waals surface area contributed by atoms with Crippen LogP contribution in [0.1, 0.15) is 128 Å². The molecule has 0 atom stereocenters. The minimum atomic E-state index is -0.0699. The number of hydrogen-bond acceptors (Lipinski definition) is 0. The highest BCUT2D eigenvalue weighted by Gasteiger charge is 2.44. The van der Waals surface area contributed by atoms with Crippen LogP contribution in [0.3, 0.4) is 0 Å². The molecule has 2 fully saturated rings. The summed E-state index contributed by atoms with van der Waals surface area (Å²) in [5.74, 6) is 3.44. The Kier molecular flexibility index (Phi) is 10.1. The lowest BCUT2D eigenvalue weighted by atomic mass is 9.55. The lowest BCUT2D eigenvalue weighted by molar-refractivity contribution is 0.0821. The summed E-state index contributed by atoms with van der Waals surface area (Å²) < 4.78 is 14.5. The standard InChI is InChI=1S/C34H51F/c1-3-5-7-11-27-15-19-30(20-16-27)34(31-21-17-28(18-22-31)12-8-6-4-2)25-23-29(24-26-34)32-13-9-10-14-33(32)35/h9-10,13-14,23-31H,3-8,11-12,15-22H2,1-2H3/t27-,28-,30-,31-. The van der Waals surface area contributed by atoms with Crippen molar-refractivity contribution >= 4 is 0 Å². The van der Waals surface area contributed by atoms with Gasteiger partial charge in [-0.3, -0.25) is 0 Å². The number of benzene rings is 1. The molecule has 3 aliphatic carbocycles. The number of rotatable bonds is 11. The molecule has 0 heterocycles. The average Bonchev–Trinajstić information content (AvgIpc) is 2.90. The summed E-state index contributed by atoms with van der Waals surface area (Å²) >= 11 is 0. The molecule has 0 spiro atoms. The Bertz CT molecular complexity index is 758. The third-order valence-electron chi connectivity index (χ3n) is 9.99. The van der Waals surface area contributed by atoms with Gasteiger partial charge in [-0.25, -0.2) is 4.39 Å². The van der Waals surface area contributed by atoms with Crippen LogP contribution >= 0.6 is 0 Å². The first-order valence-corrected chi connectivity index (χ1v) is 15.3. The number of halogens is 1. The van der Waals surface area contributed by atoms with Crippen molar-refractivity contribution in [3.05, 3.63) is 60.0 Å². The van der Waals surface area contributed by atoms with Crippen molar-refractivity contribution in [1.82, 2.24) is 0 Å². The summed E-state index contributed by atoms with van der Waals surface area (Å²) in [7, 11) is 0. The minimum absolute atomic E-state index is 0.0699. The van der Waals surface area contributed by atoms with Crippen LogP contribution < -0.4 is 0 Å². The molecule has 0 unspecified atom stereocenters. The van der Waals surface area contributed by atoms with E-state index in [1.165, 1.54) is 103 Å². The Balaban J connectivity index is 1.46. The van der Waals surface area contributed by atoms with Crippen molar-refractivity contribution < 1.29 is 4.39 Å². The van der Waals surface area contributed by atoms with Gasteiger partial charge in [0.2, 0.25) is 0 Å². The second kappa shape index (κ2) is 13.3. The topological polar surface area (TPSA) is 0 Å². The van der Waals surface area contributed by atoms with Crippen LogP contribution in [0.15, 0.2) is 48.6 Å². The molecule has 0 amide bonds. The molecule has 0 radical (unpaired) electrons. The maximum Gasteiger partial charge on any atom is 0.127 e. The molecule has 1 aromatic rings. The maximum atomic E-state index is 14.5. The van der Waals surface area contributed by atoms with Gasteiger partial charge in [-0.05, 0) is 61.0 Å². The second-order valence-electron chi connectivity index (χ2n) is 12.2. The van der Waals surface area contributed by atoms with E-state index in [1.807, 2.05) is 12.1 Å². The van der Waals surface area contributed by atoms with Crippen LogP contribution in [-0.4, -0.2) is 0 Å². The summed E-state index contributed by atoms with van der Waals surface area (Å²) in [6.07, 6.45) is 32.3. The Labute approximate surface area is 215 Å². The van der Waals surface area contributed by atoms with Gasteiger partial charge in [0.05, 0.1) is 0 Å². The van der Waals surface area contributed by atoms with Gasteiger partial charge in [0.25, 0.3) is 0 Å². The van der Waals surface area contributed by atoms with Gasteiger partial charge >= 0.3 is 0 Å². The van der Waals surface area contributed by atoms with Gasteiger partial charge < -0.3 is 0 Å². The van der Waals surface area contributed by atoms with Crippen LogP contribution in [-0.2, 0) is 0 Å². The van der Waals surface area contributed by atoms with Crippen LogP contribution in [0.5, 0.6) is 0 Å². The zero-order chi connectivity index (χ0) is 24.5. The minimum Gasteiger partial charge on any atom is -0.207 e. The molecule has 0 saturated heterocycles. The highest BCUT2D eigenvalue weighted by atomic mass is 19.1. The highest BCUT2D eigenvalue weighted by molar-refractivity contribution is 5.36. The summed E-state index contributed by atoms with van der Waals surface area (Å²) in [6.45, 7) is 4.63. The SMILES string of the molecule is CCCCC[C@H]1CC[C@H](C2([C@H]3CC[C@H](CCCCC)CC3)C=CC(c3ccccc3F)C=C2)CC1. The Hall–Kier alpha value is -1.37. The third-order valence-corrected chi connectivity index (χ3v) is 9.99. The van der Waals surface area contributed by atoms with E-state index in [9.17, 15) is 4.39 Å². The van der Waals surface area contributed by atoms with Crippen molar-refractivity contribution in [2.45, 2.75) is 122 Å². The van der Waals surface area contributed by atoms with Gasteiger partial charge in [-0.1, -0.05) is 133 Å². The molecule has 2 saturated carbocycles. The van der Waals surface area contributed by atoms with E-state index in [2.05, 4.69) is 38.2 Å². The lowest BCUT2D eigenvalue weighted by Gasteiger charge is -2.49. The fraction of sp³-hybridized carbons (Fsp3) is 0.706. The van der Waals surface area contributed by atoms with Gasteiger partial charge in [0.1, 0.15) is 5.82 Å². The fourth-order valence-electron chi connectivity index (χ4n) is 7.76. The predicted molar refractivity (Wildman–Crippen MR) is 149 cm³/mol. The second-order valence-corrected chi connectivity index (χ2v) is 12.2. The molecular formula is C34H51F. The summed E-state index contributed by atoms with van der Waals surface area (Å²) in [6, 6.07) is 7.35. The van der Waals surface area contributed by atoms with Gasteiger partial charge in [-0.15, -0.1) is 0 Å². The van der Waals surface area contributed by atoms with Gasteiger partial charge in [-0.2, -0.15) is 0 Å². The lowest BCUT2D eigenvalue weighted by Crippen LogP contribution is -2.40. The largest absolute Gasteiger partial charge is 0.207 e. The first-order chi connectivity index (χ1) is 17.2. The molecule has 4 rings (SSSR count). The molecule has 35 heavy (non-hydrogen) atoms. The van der Waals surface area contributed by atoms with Crippen LogP contribution in [0.4, 0.5) is 4.39 Å². The normalized spacial score (nSPS) is 28.9. The maximum absolute atomic E-state index is 14.5. The molecule has 0 nitrogen and oxygen atoms in total. The van der Waals surface area contributed by atoms with Crippen LogP contribution in [0.2, 0.25) is 0 Å². The van der Waals surface area contributed by atoms with E-state index < -0.39 is 0 Å². The fourth-order valence-corrected chi connectivity index (χ4v) is 7.76. The van der Waals surface area contributed by atoms with Crippen LogP contribution in [0, 0.1) is 34.9 Å². The zero-order valence-electron chi connectivity index (χ0n) is 22.7. The Morgan fingerprint density at radius 2 is 1.17 bits per heavy atom. The average molecular weight is 479 g/mol.